The third kappa shape index (κ3) is 4.06. The Kier molecular flexibility index (Phi) is 5.35. The number of amides is 1. The van der Waals surface area contributed by atoms with Gasteiger partial charge in [-0.15, -0.1) is 0 Å². The van der Waals surface area contributed by atoms with Gasteiger partial charge in [0, 0.05) is 11.1 Å². The zero-order chi connectivity index (χ0) is 19.4. The number of nitrogens with one attached hydrogen (secondary N) is 1. The van der Waals surface area contributed by atoms with Crippen molar-refractivity contribution < 1.29 is 19.1 Å². The third-order valence-electron chi connectivity index (χ3n) is 4.12. The smallest absolute Gasteiger partial charge is 0.326 e. The molecule has 2 aromatic carbocycles. The van der Waals surface area contributed by atoms with Gasteiger partial charge in [-0.2, -0.15) is 0 Å². The Morgan fingerprint density at radius 3 is 2.04 bits per heavy atom. The Morgan fingerprint density at radius 2 is 1.52 bits per heavy atom. The number of oxazole rings is 1. The molecule has 0 bridgehead atoms. The lowest BCUT2D eigenvalue weighted by Crippen LogP contribution is -2.44. The minimum atomic E-state index is -1.09. The van der Waals surface area contributed by atoms with E-state index in [9.17, 15) is 14.7 Å². The van der Waals surface area contributed by atoms with Crippen molar-refractivity contribution >= 4 is 11.9 Å². The fourth-order valence-corrected chi connectivity index (χ4v) is 2.69. The van der Waals surface area contributed by atoms with Crippen LogP contribution >= 0.6 is 0 Å². The predicted molar refractivity (Wildman–Crippen MR) is 101 cm³/mol. The number of benzene rings is 2. The molecule has 0 fully saturated rings. The topological polar surface area (TPSA) is 92.4 Å². The largest absolute Gasteiger partial charge is 0.480 e. The highest BCUT2D eigenvalue weighted by Crippen LogP contribution is 2.29. The van der Waals surface area contributed by atoms with Crippen LogP contribution in [0.1, 0.15) is 24.3 Å². The molecule has 27 heavy (non-hydrogen) atoms. The lowest BCUT2D eigenvalue weighted by Gasteiger charge is -2.17. The molecular formula is C21H20N2O4. The highest BCUT2D eigenvalue weighted by atomic mass is 16.4. The van der Waals surface area contributed by atoms with Crippen LogP contribution < -0.4 is 5.32 Å². The molecule has 0 saturated heterocycles. The van der Waals surface area contributed by atoms with E-state index < -0.39 is 17.9 Å². The maximum Gasteiger partial charge on any atom is 0.326 e. The van der Waals surface area contributed by atoms with Crippen molar-refractivity contribution in [2.45, 2.75) is 19.9 Å². The van der Waals surface area contributed by atoms with Crippen LogP contribution in [0.4, 0.5) is 0 Å². The number of carboxylic acid groups (broad SMARTS) is 1. The molecule has 1 amide bonds. The molecule has 6 nitrogen and oxygen atoms in total. The Morgan fingerprint density at radius 1 is 0.963 bits per heavy atom. The standard InChI is InChI=1S/C21H20N2O4/c1-13(2)16(21(25)26)22-19(24)17-18(14-9-5-3-6-10-14)27-20(23-17)15-11-7-4-8-12-15/h3-13,16H,1-2H3,(H,22,24)(H,25,26)/t16-/m0/s1. The maximum atomic E-state index is 12.8. The van der Waals surface area contributed by atoms with Crippen molar-refractivity contribution in [1.82, 2.24) is 10.3 Å². The predicted octanol–water partition coefficient (Wildman–Crippen LogP) is 3.85. The molecule has 0 aliphatic carbocycles. The SMILES string of the molecule is CC(C)[C@H](NC(=O)c1nc(-c2ccccc2)oc1-c1ccccc1)C(=O)O. The lowest BCUT2D eigenvalue weighted by atomic mass is 10.0. The van der Waals surface area contributed by atoms with Crippen molar-refractivity contribution in [3.05, 3.63) is 66.4 Å². The van der Waals surface area contributed by atoms with Gasteiger partial charge < -0.3 is 14.8 Å². The number of rotatable bonds is 6. The van der Waals surface area contributed by atoms with E-state index in [4.69, 9.17) is 4.42 Å². The van der Waals surface area contributed by atoms with Crippen LogP contribution in [0.3, 0.4) is 0 Å². The van der Waals surface area contributed by atoms with Crippen molar-refractivity contribution in [2.75, 3.05) is 0 Å². The van der Waals surface area contributed by atoms with Crippen LogP contribution in [0.25, 0.3) is 22.8 Å². The molecule has 0 saturated carbocycles. The van der Waals surface area contributed by atoms with Gasteiger partial charge >= 0.3 is 5.97 Å². The van der Waals surface area contributed by atoms with Gasteiger partial charge in [0.15, 0.2) is 11.5 Å². The average Bonchev–Trinajstić information content (AvgIpc) is 3.12. The summed E-state index contributed by atoms with van der Waals surface area (Å²) in [4.78, 5) is 28.6. The van der Waals surface area contributed by atoms with Gasteiger partial charge in [-0.25, -0.2) is 9.78 Å². The molecule has 0 unspecified atom stereocenters. The van der Waals surface area contributed by atoms with Crippen molar-refractivity contribution in [1.29, 1.82) is 0 Å². The quantitative estimate of drug-likeness (QED) is 0.693. The Balaban J connectivity index is 2.03. The number of carbonyl (C=O) groups is 2. The fourth-order valence-electron chi connectivity index (χ4n) is 2.69. The van der Waals surface area contributed by atoms with Crippen LogP contribution in [0, 0.1) is 5.92 Å². The fraction of sp³-hybridized carbons (Fsp3) is 0.190. The summed E-state index contributed by atoms with van der Waals surface area (Å²) in [6.07, 6.45) is 0. The van der Waals surface area contributed by atoms with Crippen LogP contribution in [-0.2, 0) is 4.79 Å². The maximum absolute atomic E-state index is 12.8. The van der Waals surface area contributed by atoms with Crippen LogP contribution in [0.5, 0.6) is 0 Å². The number of hydrogen-bond acceptors (Lipinski definition) is 4. The monoisotopic (exact) mass is 364 g/mol. The Hall–Kier alpha value is -3.41. The third-order valence-corrected chi connectivity index (χ3v) is 4.12. The van der Waals surface area contributed by atoms with E-state index in [1.807, 2.05) is 60.7 Å². The number of hydrogen-bond donors (Lipinski definition) is 2. The van der Waals surface area contributed by atoms with Crippen LogP contribution in [0.2, 0.25) is 0 Å². The number of aliphatic carboxylic acids is 1. The van der Waals surface area contributed by atoms with E-state index in [-0.39, 0.29) is 11.6 Å². The molecule has 3 aromatic rings. The molecular weight excluding hydrogens is 344 g/mol. The molecule has 1 aromatic heterocycles. The van der Waals surface area contributed by atoms with E-state index in [2.05, 4.69) is 10.3 Å². The van der Waals surface area contributed by atoms with Gasteiger partial charge in [0.1, 0.15) is 6.04 Å². The van der Waals surface area contributed by atoms with E-state index in [0.29, 0.717) is 17.2 Å². The molecule has 2 N–H and O–H groups in total. The minimum absolute atomic E-state index is 0.0620. The van der Waals surface area contributed by atoms with Gasteiger partial charge in [-0.1, -0.05) is 62.4 Å². The minimum Gasteiger partial charge on any atom is -0.480 e. The van der Waals surface area contributed by atoms with E-state index in [1.165, 1.54) is 0 Å². The van der Waals surface area contributed by atoms with Crippen molar-refractivity contribution in [3.63, 3.8) is 0 Å². The zero-order valence-electron chi connectivity index (χ0n) is 15.0. The van der Waals surface area contributed by atoms with E-state index in [0.717, 1.165) is 5.56 Å². The summed E-state index contributed by atoms with van der Waals surface area (Å²) in [5, 5.41) is 11.9. The van der Waals surface area contributed by atoms with Crippen molar-refractivity contribution in [3.8, 4) is 22.8 Å². The Bertz CT molecular complexity index is 933. The first kappa shape index (κ1) is 18.4. The lowest BCUT2D eigenvalue weighted by molar-refractivity contribution is -0.140. The summed E-state index contributed by atoms with van der Waals surface area (Å²) in [5.41, 5.74) is 1.48. The normalized spacial score (nSPS) is 12.0. The summed E-state index contributed by atoms with van der Waals surface area (Å²) < 4.78 is 5.89. The highest BCUT2D eigenvalue weighted by molar-refractivity contribution is 6.00. The van der Waals surface area contributed by atoms with Gasteiger partial charge in [-0.05, 0) is 18.1 Å². The number of nitrogens with zero attached hydrogens (tertiary/aromatic N) is 1. The average molecular weight is 364 g/mol. The Labute approximate surface area is 156 Å². The van der Waals surface area contributed by atoms with Crippen molar-refractivity contribution in [2.24, 2.45) is 5.92 Å². The molecule has 138 valence electrons. The molecule has 6 heteroatoms. The first-order valence-corrected chi connectivity index (χ1v) is 8.62. The molecule has 0 spiro atoms. The first-order valence-electron chi connectivity index (χ1n) is 8.62. The highest BCUT2D eigenvalue weighted by Gasteiger charge is 2.28. The van der Waals surface area contributed by atoms with Crippen LogP contribution in [-0.4, -0.2) is 28.0 Å². The summed E-state index contributed by atoms with van der Waals surface area (Å²) in [7, 11) is 0. The van der Waals surface area contributed by atoms with Gasteiger partial charge in [0.2, 0.25) is 5.89 Å². The molecule has 1 heterocycles. The summed E-state index contributed by atoms with van der Waals surface area (Å²) in [6.45, 7) is 3.46. The van der Waals surface area contributed by atoms with Gasteiger partial charge in [0.05, 0.1) is 0 Å². The molecule has 0 radical (unpaired) electrons. The second kappa shape index (κ2) is 7.86. The second-order valence-corrected chi connectivity index (χ2v) is 6.46. The summed E-state index contributed by atoms with van der Waals surface area (Å²) in [5.74, 6) is -1.34. The summed E-state index contributed by atoms with van der Waals surface area (Å²) in [6, 6.07) is 17.3. The number of carbonyl (C=O) groups excluding carboxylic acids is 1. The molecule has 0 aliphatic heterocycles. The van der Waals surface area contributed by atoms with Gasteiger partial charge in [0.25, 0.3) is 5.91 Å². The molecule has 1 atom stereocenters. The van der Waals surface area contributed by atoms with Gasteiger partial charge in [-0.3, -0.25) is 4.79 Å². The van der Waals surface area contributed by atoms with Crippen LogP contribution in [0.15, 0.2) is 65.1 Å². The zero-order valence-corrected chi connectivity index (χ0v) is 15.0. The summed E-state index contributed by atoms with van der Waals surface area (Å²) >= 11 is 0. The van der Waals surface area contributed by atoms with E-state index >= 15 is 0 Å². The number of aromatic nitrogens is 1. The second-order valence-electron chi connectivity index (χ2n) is 6.46. The first-order chi connectivity index (χ1) is 13.0. The van der Waals surface area contributed by atoms with E-state index in [1.54, 1.807) is 13.8 Å². The molecule has 0 aliphatic rings. The molecule has 3 rings (SSSR count). The number of carboxylic acids is 1.